The normalized spacial score (nSPS) is 25.3. The smallest absolute Gasteiger partial charge is 0.239 e. The summed E-state index contributed by atoms with van der Waals surface area (Å²) in [5.74, 6) is 1.32. The summed E-state index contributed by atoms with van der Waals surface area (Å²) in [6.45, 7) is 12.1. The molecule has 0 saturated carbocycles. The first-order chi connectivity index (χ1) is 13.0. The van der Waals surface area contributed by atoms with E-state index < -0.39 is 0 Å². The monoisotopic (exact) mass is 378 g/mol. The SMILES string of the molecule is CC1CCN(C(=O)C(C)N2CCN(CC(=O)N3CCCCCC3)CC2)CC1. The first kappa shape index (κ1) is 20.6. The lowest BCUT2D eigenvalue weighted by Crippen LogP contribution is -2.56. The quantitative estimate of drug-likeness (QED) is 0.746. The first-order valence-electron chi connectivity index (χ1n) is 11.1. The van der Waals surface area contributed by atoms with Gasteiger partial charge in [0.2, 0.25) is 11.8 Å². The fourth-order valence-corrected chi connectivity index (χ4v) is 4.57. The van der Waals surface area contributed by atoms with Crippen LogP contribution in [0.25, 0.3) is 0 Å². The van der Waals surface area contributed by atoms with Crippen LogP contribution in [0.3, 0.4) is 0 Å². The number of carbonyl (C=O) groups excluding carboxylic acids is 2. The van der Waals surface area contributed by atoms with Crippen molar-refractivity contribution < 1.29 is 9.59 Å². The molecule has 27 heavy (non-hydrogen) atoms. The van der Waals surface area contributed by atoms with Gasteiger partial charge in [-0.3, -0.25) is 19.4 Å². The maximum absolute atomic E-state index is 12.8. The lowest BCUT2D eigenvalue weighted by molar-refractivity contribution is -0.139. The van der Waals surface area contributed by atoms with E-state index in [1.165, 1.54) is 12.8 Å². The Labute approximate surface area is 164 Å². The maximum atomic E-state index is 12.8. The highest BCUT2D eigenvalue weighted by atomic mass is 16.2. The summed E-state index contributed by atoms with van der Waals surface area (Å²) >= 11 is 0. The van der Waals surface area contributed by atoms with Gasteiger partial charge >= 0.3 is 0 Å². The molecule has 0 bridgehead atoms. The number of amides is 2. The van der Waals surface area contributed by atoms with Crippen LogP contribution in [0.15, 0.2) is 0 Å². The Morgan fingerprint density at radius 1 is 0.815 bits per heavy atom. The highest BCUT2D eigenvalue weighted by molar-refractivity contribution is 5.81. The van der Waals surface area contributed by atoms with E-state index in [0.29, 0.717) is 6.54 Å². The molecule has 0 spiro atoms. The van der Waals surface area contributed by atoms with E-state index in [2.05, 4.69) is 33.4 Å². The van der Waals surface area contributed by atoms with Crippen LogP contribution in [0, 0.1) is 5.92 Å². The van der Waals surface area contributed by atoms with E-state index >= 15 is 0 Å². The van der Waals surface area contributed by atoms with Crippen molar-refractivity contribution in [3.8, 4) is 0 Å². The van der Waals surface area contributed by atoms with E-state index in [4.69, 9.17) is 0 Å². The molecule has 0 aromatic heterocycles. The molecule has 3 rings (SSSR count). The molecule has 1 atom stereocenters. The van der Waals surface area contributed by atoms with Gasteiger partial charge in [0.1, 0.15) is 0 Å². The second kappa shape index (κ2) is 9.87. The average molecular weight is 379 g/mol. The Balaban J connectivity index is 1.41. The highest BCUT2D eigenvalue weighted by Crippen LogP contribution is 2.18. The molecule has 3 saturated heterocycles. The Morgan fingerprint density at radius 2 is 1.41 bits per heavy atom. The van der Waals surface area contributed by atoms with Crippen molar-refractivity contribution in [1.29, 1.82) is 0 Å². The topological polar surface area (TPSA) is 47.1 Å². The number of rotatable bonds is 4. The van der Waals surface area contributed by atoms with Gasteiger partial charge in [0.25, 0.3) is 0 Å². The summed E-state index contributed by atoms with van der Waals surface area (Å²) in [5.41, 5.74) is 0. The van der Waals surface area contributed by atoms with Crippen molar-refractivity contribution in [2.75, 3.05) is 58.9 Å². The standard InChI is InChI=1S/C21H38N4O2/c1-18-7-11-25(12-8-18)21(27)19(2)23-15-13-22(14-16-23)17-20(26)24-9-5-3-4-6-10-24/h18-19H,3-17H2,1-2H3. The van der Waals surface area contributed by atoms with E-state index in [1.807, 2.05) is 0 Å². The van der Waals surface area contributed by atoms with Crippen LogP contribution in [-0.4, -0.2) is 96.4 Å². The summed E-state index contributed by atoms with van der Waals surface area (Å²) < 4.78 is 0. The van der Waals surface area contributed by atoms with E-state index in [9.17, 15) is 9.59 Å². The van der Waals surface area contributed by atoms with Crippen LogP contribution in [-0.2, 0) is 9.59 Å². The third-order valence-corrected chi connectivity index (χ3v) is 6.72. The zero-order chi connectivity index (χ0) is 19.2. The van der Waals surface area contributed by atoms with Gasteiger partial charge in [0.05, 0.1) is 12.6 Å². The van der Waals surface area contributed by atoms with Crippen LogP contribution in [0.5, 0.6) is 0 Å². The summed E-state index contributed by atoms with van der Waals surface area (Å²) in [5, 5.41) is 0. The third kappa shape index (κ3) is 5.67. The van der Waals surface area contributed by atoms with Crippen molar-refractivity contribution in [2.24, 2.45) is 5.92 Å². The molecule has 0 aliphatic carbocycles. The molecular weight excluding hydrogens is 340 g/mol. The summed E-state index contributed by atoms with van der Waals surface area (Å²) in [4.78, 5) is 34.1. The van der Waals surface area contributed by atoms with E-state index in [0.717, 1.165) is 84.0 Å². The van der Waals surface area contributed by atoms with Gasteiger partial charge in [-0.2, -0.15) is 0 Å². The Kier molecular flexibility index (Phi) is 7.53. The molecule has 6 heteroatoms. The molecule has 3 aliphatic heterocycles. The van der Waals surface area contributed by atoms with Crippen molar-refractivity contribution in [1.82, 2.24) is 19.6 Å². The second-order valence-corrected chi connectivity index (χ2v) is 8.79. The predicted molar refractivity (Wildman–Crippen MR) is 108 cm³/mol. The lowest BCUT2D eigenvalue weighted by atomic mass is 9.98. The van der Waals surface area contributed by atoms with Gasteiger partial charge in [0, 0.05) is 52.4 Å². The molecule has 6 nitrogen and oxygen atoms in total. The van der Waals surface area contributed by atoms with E-state index in [1.54, 1.807) is 0 Å². The Hall–Kier alpha value is -1.14. The number of nitrogens with zero attached hydrogens (tertiary/aromatic N) is 4. The highest BCUT2D eigenvalue weighted by Gasteiger charge is 2.31. The van der Waals surface area contributed by atoms with Gasteiger partial charge in [-0.15, -0.1) is 0 Å². The molecular formula is C21H38N4O2. The molecule has 0 radical (unpaired) electrons. The zero-order valence-electron chi connectivity index (χ0n) is 17.4. The van der Waals surface area contributed by atoms with Crippen molar-refractivity contribution in [3.05, 3.63) is 0 Å². The van der Waals surface area contributed by atoms with E-state index in [-0.39, 0.29) is 17.9 Å². The van der Waals surface area contributed by atoms with Gasteiger partial charge in [-0.1, -0.05) is 19.8 Å². The number of hydrogen-bond acceptors (Lipinski definition) is 4. The summed E-state index contributed by atoms with van der Waals surface area (Å²) in [6, 6.07) is -0.0399. The maximum Gasteiger partial charge on any atom is 0.239 e. The number of likely N-dealkylation sites (tertiary alicyclic amines) is 2. The number of piperidine rings is 1. The predicted octanol–water partition coefficient (Wildman–Crippen LogP) is 1.65. The second-order valence-electron chi connectivity index (χ2n) is 8.79. The van der Waals surface area contributed by atoms with Crippen LogP contribution in [0.1, 0.15) is 52.4 Å². The van der Waals surface area contributed by atoms with Gasteiger partial charge in [-0.05, 0) is 38.5 Å². The molecule has 154 valence electrons. The Bertz CT molecular complexity index is 488. The van der Waals surface area contributed by atoms with Gasteiger partial charge in [-0.25, -0.2) is 0 Å². The minimum atomic E-state index is -0.0399. The number of piperazine rings is 1. The molecule has 3 fully saturated rings. The number of carbonyl (C=O) groups is 2. The van der Waals surface area contributed by atoms with Crippen LogP contribution < -0.4 is 0 Å². The van der Waals surface area contributed by atoms with Gasteiger partial charge in [0.15, 0.2) is 0 Å². The average Bonchev–Trinajstić information content (AvgIpc) is 2.98. The third-order valence-electron chi connectivity index (χ3n) is 6.72. The minimum absolute atomic E-state index is 0.0399. The van der Waals surface area contributed by atoms with Crippen molar-refractivity contribution >= 4 is 11.8 Å². The summed E-state index contributed by atoms with van der Waals surface area (Å²) in [7, 11) is 0. The molecule has 1 unspecified atom stereocenters. The largest absolute Gasteiger partial charge is 0.342 e. The lowest BCUT2D eigenvalue weighted by Gasteiger charge is -2.40. The van der Waals surface area contributed by atoms with Crippen LogP contribution >= 0.6 is 0 Å². The molecule has 0 N–H and O–H groups in total. The fraction of sp³-hybridized carbons (Fsp3) is 0.905. The Morgan fingerprint density at radius 3 is 2.00 bits per heavy atom. The molecule has 0 aromatic carbocycles. The fourth-order valence-electron chi connectivity index (χ4n) is 4.57. The van der Waals surface area contributed by atoms with Crippen LogP contribution in [0.4, 0.5) is 0 Å². The molecule has 3 aliphatic rings. The first-order valence-corrected chi connectivity index (χ1v) is 11.1. The summed E-state index contributed by atoms with van der Waals surface area (Å²) in [6.07, 6.45) is 7.06. The van der Waals surface area contributed by atoms with Crippen molar-refractivity contribution in [3.63, 3.8) is 0 Å². The minimum Gasteiger partial charge on any atom is -0.342 e. The van der Waals surface area contributed by atoms with Crippen LogP contribution in [0.2, 0.25) is 0 Å². The molecule has 2 amide bonds. The zero-order valence-corrected chi connectivity index (χ0v) is 17.4. The number of hydrogen-bond donors (Lipinski definition) is 0. The molecule has 3 heterocycles. The van der Waals surface area contributed by atoms with Crippen molar-refractivity contribution in [2.45, 2.75) is 58.4 Å². The molecule has 0 aromatic rings. The van der Waals surface area contributed by atoms with Gasteiger partial charge < -0.3 is 9.80 Å².